The van der Waals surface area contributed by atoms with Crippen LogP contribution in [0.5, 0.6) is 0 Å². The predicted octanol–water partition coefficient (Wildman–Crippen LogP) is 2.61. The fourth-order valence-electron chi connectivity index (χ4n) is 4.89. The highest BCUT2D eigenvalue weighted by Gasteiger charge is 2.50. The lowest BCUT2D eigenvalue weighted by Crippen LogP contribution is -2.65. The quantitative estimate of drug-likeness (QED) is 0.828. The fraction of sp³-hybridized carbons (Fsp3) is 0.947. The van der Waals surface area contributed by atoms with Crippen molar-refractivity contribution in [1.29, 1.82) is 0 Å². The number of carbonyl (C=O) groups excluding carboxylic acids is 1. The Kier molecular flexibility index (Phi) is 4.86. The lowest BCUT2D eigenvalue weighted by Gasteiger charge is -2.56. The topological polar surface area (TPSA) is 53.6 Å². The van der Waals surface area contributed by atoms with Crippen LogP contribution < -0.4 is 10.6 Å². The molecule has 1 atom stereocenters. The first kappa shape index (κ1) is 18.0. The van der Waals surface area contributed by atoms with Crippen molar-refractivity contribution in [2.24, 2.45) is 17.3 Å². The third-order valence-electron chi connectivity index (χ3n) is 5.89. The van der Waals surface area contributed by atoms with Crippen molar-refractivity contribution in [3.63, 3.8) is 0 Å². The molecule has 1 aliphatic carbocycles. The van der Waals surface area contributed by atoms with E-state index in [9.17, 15) is 4.79 Å². The minimum atomic E-state index is -0.422. The second kappa shape index (κ2) is 6.49. The van der Waals surface area contributed by atoms with E-state index in [4.69, 9.17) is 4.74 Å². The first-order valence-corrected chi connectivity index (χ1v) is 9.62. The first-order chi connectivity index (χ1) is 11.2. The van der Waals surface area contributed by atoms with Crippen LogP contribution in [0.4, 0.5) is 4.79 Å². The van der Waals surface area contributed by atoms with Crippen LogP contribution >= 0.6 is 0 Å². The van der Waals surface area contributed by atoms with E-state index in [0.717, 1.165) is 12.8 Å². The average Bonchev–Trinajstić information content (AvgIpc) is 2.81. The van der Waals surface area contributed by atoms with Crippen LogP contribution in [0.1, 0.15) is 53.9 Å². The number of alkyl carbamates (subject to hydrolysis) is 1. The van der Waals surface area contributed by atoms with E-state index >= 15 is 0 Å². The summed E-state index contributed by atoms with van der Waals surface area (Å²) in [5, 5.41) is 6.55. The molecule has 1 saturated carbocycles. The largest absolute Gasteiger partial charge is 0.444 e. The van der Waals surface area contributed by atoms with E-state index in [1.807, 2.05) is 20.8 Å². The van der Waals surface area contributed by atoms with Gasteiger partial charge in [-0.15, -0.1) is 0 Å². The molecule has 0 radical (unpaired) electrons. The van der Waals surface area contributed by atoms with Crippen molar-refractivity contribution in [2.75, 3.05) is 26.2 Å². The molecule has 3 rings (SSSR count). The molecule has 3 aliphatic rings. The molecule has 1 unspecified atom stereocenters. The number of amides is 1. The van der Waals surface area contributed by atoms with Crippen molar-refractivity contribution in [3.8, 4) is 0 Å². The highest BCUT2D eigenvalue weighted by atomic mass is 16.6. The zero-order chi connectivity index (χ0) is 17.5. The van der Waals surface area contributed by atoms with Gasteiger partial charge in [-0.25, -0.2) is 4.79 Å². The second-order valence-electron chi connectivity index (χ2n) is 9.64. The third kappa shape index (κ3) is 3.88. The lowest BCUT2D eigenvalue weighted by atomic mass is 9.68. The predicted molar refractivity (Wildman–Crippen MR) is 96.0 cm³/mol. The van der Waals surface area contributed by atoms with E-state index in [0.29, 0.717) is 23.3 Å². The SMILES string of the molecule is CC(C)C(C1CC(NC(=O)OC(C)(C)C)C1)N1CC2(CCNC2)C1. The van der Waals surface area contributed by atoms with Gasteiger partial charge < -0.3 is 15.4 Å². The second-order valence-corrected chi connectivity index (χ2v) is 9.64. The molecule has 24 heavy (non-hydrogen) atoms. The van der Waals surface area contributed by atoms with Gasteiger partial charge >= 0.3 is 6.09 Å². The molecule has 0 aromatic carbocycles. The maximum Gasteiger partial charge on any atom is 0.407 e. The van der Waals surface area contributed by atoms with Crippen LogP contribution in [0.3, 0.4) is 0 Å². The minimum absolute atomic E-state index is 0.271. The van der Waals surface area contributed by atoms with Crippen molar-refractivity contribution in [2.45, 2.75) is 71.6 Å². The minimum Gasteiger partial charge on any atom is -0.444 e. The van der Waals surface area contributed by atoms with E-state index in [1.165, 1.54) is 32.6 Å². The Hall–Kier alpha value is -0.810. The summed E-state index contributed by atoms with van der Waals surface area (Å²) in [6.45, 7) is 15.3. The Bertz CT molecular complexity index is 452. The zero-order valence-corrected chi connectivity index (χ0v) is 16.0. The normalized spacial score (nSPS) is 30.8. The Morgan fingerprint density at radius 3 is 2.46 bits per heavy atom. The average molecular weight is 338 g/mol. The molecule has 1 amide bonds. The van der Waals surface area contributed by atoms with Crippen LogP contribution in [0.2, 0.25) is 0 Å². The number of hydrogen-bond donors (Lipinski definition) is 2. The molecule has 1 spiro atoms. The molecule has 3 fully saturated rings. The van der Waals surface area contributed by atoms with Crippen LogP contribution in [0, 0.1) is 17.3 Å². The molecule has 2 heterocycles. The van der Waals surface area contributed by atoms with Gasteiger partial charge in [-0.1, -0.05) is 13.8 Å². The molecule has 2 N–H and O–H groups in total. The van der Waals surface area contributed by atoms with E-state index < -0.39 is 5.60 Å². The van der Waals surface area contributed by atoms with Crippen molar-refractivity contribution in [3.05, 3.63) is 0 Å². The third-order valence-corrected chi connectivity index (χ3v) is 5.89. The molecule has 0 aromatic rings. The van der Waals surface area contributed by atoms with Crippen LogP contribution in [0.15, 0.2) is 0 Å². The van der Waals surface area contributed by atoms with Gasteiger partial charge in [0.1, 0.15) is 5.60 Å². The molecule has 2 saturated heterocycles. The number of nitrogens with zero attached hydrogens (tertiary/aromatic N) is 1. The molecular weight excluding hydrogens is 302 g/mol. The summed E-state index contributed by atoms with van der Waals surface area (Å²) in [5.74, 6) is 1.38. The number of rotatable bonds is 4. The molecule has 0 bridgehead atoms. The summed E-state index contributed by atoms with van der Waals surface area (Å²) in [4.78, 5) is 14.6. The summed E-state index contributed by atoms with van der Waals surface area (Å²) >= 11 is 0. The van der Waals surface area contributed by atoms with Gasteiger partial charge in [0, 0.05) is 37.1 Å². The Morgan fingerprint density at radius 2 is 1.96 bits per heavy atom. The Labute approximate surface area is 146 Å². The summed E-state index contributed by atoms with van der Waals surface area (Å²) < 4.78 is 5.36. The van der Waals surface area contributed by atoms with Gasteiger partial charge in [-0.2, -0.15) is 0 Å². The molecule has 5 heteroatoms. The summed E-state index contributed by atoms with van der Waals surface area (Å²) in [6.07, 6.45) is 3.24. The zero-order valence-electron chi connectivity index (χ0n) is 16.0. The number of nitrogens with one attached hydrogen (secondary N) is 2. The van der Waals surface area contributed by atoms with Gasteiger partial charge in [-0.3, -0.25) is 4.90 Å². The molecule has 138 valence electrons. The molecule has 2 aliphatic heterocycles. The maximum atomic E-state index is 11.9. The first-order valence-electron chi connectivity index (χ1n) is 9.62. The molecular formula is C19H35N3O2. The summed E-state index contributed by atoms with van der Waals surface area (Å²) in [6, 6.07) is 0.947. The smallest absolute Gasteiger partial charge is 0.407 e. The molecule has 0 aromatic heterocycles. The van der Waals surface area contributed by atoms with Crippen LogP contribution in [0.25, 0.3) is 0 Å². The Balaban J connectivity index is 1.45. The number of ether oxygens (including phenoxy) is 1. The van der Waals surface area contributed by atoms with Gasteiger partial charge in [0.05, 0.1) is 0 Å². The van der Waals surface area contributed by atoms with E-state index in [-0.39, 0.29) is 12.1 Å². The van der Waals surface area contributed by atoms with Crippen molar-refractivity contribution >= 4 is 6.09 Å². The standard InChI is InChI=1S/C19H35N3O2/c1-13(2)16(22-11-19(12-22)6-7-20-10-19)14-8-15(9-14)21-17(23)24-18(3,4)5/h13-16,20H,6-12H2,1-5H3,(H,21,23). The lowest BCUT2D eigenvalue weighted by molar-refractivity contribution is -0.0698. The fourth-order valence-corrected chi connectivity index (χ4v) is 4.89. The highest BCUT2D eigenvalue weighted by molar-refractivity contribution is 5.68. The number of likely N-dealkylation sites (tertiary alicyclic amines) is 1. The highest BCUT2D eigenvalue weighted by Crippen LogP contribution is 2.44. The Morgan fingerprint density at radius 1 is 1.29 bits per heavy atom. The maximum absolute atomic E-state index is 11.9. The van der Waals surface area contributed by atoms with Gasteiger partial charge in [0.15, 0.2) is 0 Å². The van der Waals surface area contributed by atoms with Gasteiger partial charge in [0.2, 0.25) is 0 Å². The van der Waals surface area contributed by atoms with Crippen LogP contribution in [-0.4, -0.2) is 54.9 Å². The van der Waals surface area contributed by atoms with Crippen LogP contribution in [-0.2, 0) is 4.74 Å². The number of carbonyl (C=O) groups is 1. The number of hydrogen-bond acceptors (Lipinski definition) is 4. The van der Waals surface area contributed by atoms with Gasteiger partial charge in [0.25, 0.3) is 0 Å². The van der Waals surface area contributed by atoms with E-state index in [2.05, 4.69) is 29.4 Å². The van der Waals surface area contributed by atoms with Crippen molar-refractivity contribution < 1.29 is 9.53 Å². The van der Waals surface area contributed by atoms with Gasteiger partial charge in [-0.05, 0) is 58.4 Å². The van der Waals surface area contributed by atoms with Crippen molar-refractivity contribution in [1.82, 2.24) is 15.5 Å². The summed E-state index contributed by atoms with van der Waals surface area (Å²) in [7, 11) is 0. The van der Waals surface area contributed by atoms with E-state index in [1.54, 1.807) is 0 Å². The monoisotopic (exact) mass is 337 g/mol. The molecule has 5 nitrogen and oxygen atoms in total. The summed E-state index contributed by atoms with van der Waals surface area (Å²) in [5.41, 5.74) is 0.139.